The average Bonchev–Trinajstić information content (AvgIpc) is 2.93. The van der Waals surface area contributed by atoms with Crippen LogP contribution in [-0.4, -0.2) is 30.3 Å². The number of likely N-dealkylation sites (tertiary alicyclic amines) is 1. The molecule has 0 radical (unpaired) electrons. The third-order valence-electron chi connectivity index (χ3n) is 4.68. The quantitative estimate of drug-likeness (QED) is 0.575. The van der Waals surface area contributed by atoms with Crippen molar-refractivity contribution in [2.24, 2.45) is 5.92 Å². The van der Waals surface area contributed by atoms with Gasteiger partial charge in [-0.25, -0.2) is 8.78 Å². The number of hydrogen-bond donors (Lipinski definition) is 1. The van der Waals surface area contributed by atoms with Crippen LogP contribution in [0.1, 0.15) is 17.0 Å². The van der Waals surface area contributed by atoms with Crippen LogP contribution in [-0.2, 0) is 15.8 Å². The van der Waals surface area contributed by atoms with Gasteiger partial charge in [-0.05, 0) is 35.9 Å². The summed E-state index contributed by atoms with van der Waals surface area (Å²) in [6, 6.07) is 5.76. The van der Waals surface area contributed by atoms with E-state index < -0.39 is 47.0 Å². The maximum absolute atomic E-state index is 14.1. The number of alkyl halides is 3. The Balaban J connectivity index is 1.97. The van der Waals surface area contributed by atoms with Crippen molar-refractivity contribution in [1.82, 2.24) is 4.90 Å². The molecule has 1 fully saturated rings. The molecule has 1 heterocycles. The van der Waals surface area contributed by atoms with E-state index in [2.05, 4.69) is 5.32 Å². The highest BCUT2D eigenvalue weighted by Gasteiger charge is 2.45. The fraction of sp³-hybridized carbons (Fsp3) is 0.263. The second-order valence-electron chi connectivity index (χ2n) is 6.66. The van der Waals surface area contributed by atoms with Crippen LogP contribution in [0.15, 0.2) is 36.4 Å². The molecule has 0 saturated carbocycles. The van der Waals surface area contributed by atoms with Crippen LogP contribution in [0.4, 0.5) is 27.6 Å². The second-order valence-corrected chi connectivity index (χ2v) is 7.07. The van der Waals surface area contributed by atoms with E-state index in [1.54, 1.807) is 0 Å². The molecule has 2 aromatic carbocycles. The topological polar surface area (TPSA) is 49.4 Å². The summed E-state index contributed by atoms with van der Waals surface area (Å²) < 4.78 is 67.0. The molecule has 1 saturated heterocycles. The number of amides is 2. The Morgan fingerprint density at radius 2 is 1.90 bits per heavy atom. The lowest BCUT2D eigenvalue weighted by atomic mass is 9.87. The molecule has 0 aromatic heterocycles. The first-order valence-corrected chi connectivity index (χ1v) is 8.74. The molecular weight excluding hydrogens is 419 g/mol. The van der Waals surface area contributed by atoms with Crippen LogP contribution < -0.4 is 5.32 Å². The minimum absolute atomic E-state index is 0.101. The van der Waals surface area contributed by atoms with Crippen molar-refractivity contribution in [3.05, 3.63) is 64.2 Å². The number of carbonyl (C=O) groups is 2. The van der Waals surface area contributed by atoms with Crippen molar-refractivity contribution in [2.45, 2.75) is 12.1 Å². The average molecular weight is 433 g/mol. The largest absolute Gasteiger partial charge is 0.416 e. The molecule has 0 bridgehead atoms. The molecule has 2 amide bonds. The molecular formula is C19H14ClF5N2O2. The maximum atomic E-state index is 14.1. The van der Waals surface area contributed by atoms with Crippen molar-refractivity contribution < 1.29 is 31.5 Å². The number of nitrogens with zero attached hydrogens (tertiary/aromatic N) is 1. The number of hydrogen-bond acceptors (Lipinski definition) is 2. The van der Waals surface area contributed by atoms with Gasteiger partial charge >= 0.3 is 6.18 Å². The molecule has 4 nitrogen and oxygen atoms in total. The summed E-state index contributed by atoms with van der Waals surface area (Å²) in [7, 11) is 1.37. The van der Waals surface area contributed by atoms with Gasteiger partial charge in [0.2, 0.25) is 11.8 Å². The number of carbonyl (C=O) groups excluding carboxylic acids is 2. The zero-order chi connectivity index (χ0) is 21.5. The number of halogens is 6. The van der Waals surface area contributed by atoms with E-state index >= 15 is 0 Å². The molecule has 2 aromatic rings. The highest BCUT2D eigenvalue weighted by atomic mass is 35.5. The van der Waals surface area contributed by atoms with Crippen molar-refractivity contribution in [1.29, 1.82) is 0 Å². The summed E-state index contributed by atoms with van der Waals surface area (Å²) in [5.41, 5.74) is -1.66. The molecule has 3 rings (SSSR count). The van der Waals surface area contributed by atoms with Crippen LogP contribution >= 0.6 is 11.6 Å². The summed E-state index contributed by atoms with van der Waals surface area (Å²) in [5, 5.41) is 1.99. The van der Waals surface area contributed by atoms with Gasteiger partial charge in [0.05, 0.1) is 16.3 Å². The Bertz CT molecular complexity index is 980. The fourth-order valence-electron chi connectivity index (χ4n) is 3.29. The predicted octanol–water partition coefficient (Wildman–Crippen LogP) is 4.45. The summed E-state index contributed by atoms with van der Waals surface area (Å²) in [5.74, 6) is -6.16. The molecule has 2 atom stereocenters. The standard InChI is InChI=1S/C19H14ClF5N2O2/c1-27-8-12(9-5-10(19(23,24)25)7-11(21)6-9)15(18(27)29)17(28)26-14-4-2-3-13(20)16(14)22/h2-7,12,15H,8H2,1H3,(H,26,28)/t12-,15+/m1/s1. The summed E-state index contributed by atoms with van der Waals surface area (Å²) in [6.45, 7) is -0.101. The zero-order valence-electron chi connectivity index (χ0n) is 14.9. The molecule has 1 aliphatic heterocycles. The minimum atomic E-state index is -4.80. The summed E-state index contributed by atoms with van der Waals surface area (Å²) >= 11 is 5.66. The first kappa shape index (κ1) is 21.0. The van der Waals surface area contributed by atoms with Gasteiger partial charge in [-0.15, -0.1) is 0 Å². The number of rotatable bonds is 3. The van der Waals surface area contributed by atoms with E-state index in [4.69, 9.17) is 11.6 Å². The normalized spacial score (nSPS) is 19.6. The zero-order valence-corrected chi connectivity index (χ0v) is 15.6. The molecule has 1 N–H and O–H groups in total. The van der Waals surface area contributed by atoms with Crippen LogP contribution in [0, 0.1) is 17.6 Å². The molecule has 29 heavy (non-hydrogen) atoms. The van der Waals surface area contributed by atoms with Gasteiger partial charge in [0.1, 0.15) is 11.7 Å². The van der Waals surface area contributed by atoms with Crippen LogP contribution in [0.5, 0.6) is 0 Å². The Morgan fingerprint density at radius 3 is 2.55 bits per heavy atom. The number of benzene rings is 2. The smallest absolute Gasteiger partial charge is 0.344 e. The Labute approximate surface area is 167 Å². The maximum Gasteiger partial charge on any atom is 0.416 e. The van der Waals surface area contributed by atoms with Crippen molar-refractivity contribution in [3.63, 3.8) is 0 Å². The molecule has 0 spiro atoms. The molecule has 1 aliphatic rings. The SMILES string of the molecule is CN1C[C@H](c2cc(F)cc(C(F)(F)F)c2)[C@@H](C(=O)Nc2cccc(Cl)c2F)C1=O. The Kier molecular flexibility index (Phi) is 5.53. The number of likely N-dealkylation sites (N-methyl/N-ethyl adjacent to an activating group) is 1. The van der Waals surface area contributed by atoms with Crippen LogP contribution in [0.3, 0.4) is 0 Å². The van der Waals surface area contributed by atoms with Crippen LogP contribution in [0.25, 0.3) is 0 Å². The molecule has 0 unspecified atom stereocenters. The summed E-state index contributed by atoms with van der Waals surface area (Å²) in [6.07, 6.45) is -4.80. The van der Waals surface area contributed by atoms with Gasteiger partial charge < -0.3 is 10.2 Å². The third kappa shape index (κ3) is 4.19. The van der Waals surface area contributed by atoms with E-state index in [9.17, 15) is 31.5 Å². The van der Waals surface area contributed by atoms with E-state index in [1.165, 1.54) is 25.2 Å². The second kappa shape index (κ2) is 7.62. The number of anilines is 1. The lowest BCUT2D eigenvalue weighted by molar-refractivity contribution is -0.138. The predicted molar refractivity (Wildman–Crippen MR) is 95.3 cm³/mol. The van der Waals surface area contributed by atoms with Gasteiger partial charge in [-0.2, -0.15) is 13.2 Å². The molecule has 0 aliphatic carbocycles. The Hall–Kier alpha value is -2.68. The van der Waals surface area contributed by atoms with E-state index in [0.29, 0.717) is 12.1 Å². The van der Waals surface area contributed by atoms with Crippen LogP contribution in [0.2, 0.25) is 5.02 Å². The third-order valence-corrected chi connectivity index (χ3v) is 4.97. The van der Waals surface area contributed by atoms with E-state index in [-0.39, 0.29) is 22.8 Å². The molecule has 10 heteroatoms. The summed E-state index contributed by atoms with van der Waals surface area (Å²) in [4.78, 5) is 26.3. The molecule has 154 valence electrons. The highest BCUT2D eigenvalue weighted by Crippen LogP contribution is 2.38. The minimum Gasteiger partial charge on any atom is -0.344 e. The number of nitrogens with one attached hydrogen (secondary N) is 1. The Morgan fingerprint density at radius 1 is 1.21 bits per heavy atom. The van der Waals surface area contributed by atoms with Crippen molar-refractivity contribution in [3.8, 4) is 0 Å². The van der Waals surface area contributed by atoms with Gasteiger partial charge in [-0.3, -0.25) is 9.59 Å². The van der Waals surface area contributed by atoms with Gasteiger partial charge in [0.15, 0.2) is 5.82 Å². The fourth-order valence-corrected chi connectivity index (χ4v) is 3.47. The highest BCUT2D eigenvalue weighted by molar-refractivity contribution is 6.31. The van der Waals surface area contributed by atoms with E-state index in [0.717, 1.165) is 11.0 Å². The van der Waals surface area contributed by atoms with Crippen molar-refractivity contribution in [2.75, 3.05) is 18.9 Å². The van der Waals surface area contributed by atoms with E-state index in [1.807, 2.05) is 0 Å². The van der Waals surface area contributed by atoms with Gasteiger partial charge in [0.25, 0.3) is 0 Å². The lowest BCUT2D eigenvalue weighted by Gasteiger charge is -2.19. The van der Waals surface area contributed by atoms with Crippen molar-refractivity contribution >= 4 is 29.1 Å². The van der Waals surface area contributed by atoms with Gasteiger partial charge in [-0.1, -0.05) is 17.7 Å². The van der Waals surface area contributed by atoms with Gasteiger partial charge in [0, 0.05) is 19.5 Å². The lowest BCUT2D eigenvalue weighted by Crippen LogP contribution is -2.33. The first-order chi connectivity index (χ1) is 13.5. The monoisotopic (exact) mass is 432 g/mol. The first-order valence-electron chi connectivity index (χ1n) is 8.36.